The highest BCUT2D eigenvalue weighted by atomic mass is 16.5. The Balaban J connectivity index is 1.71. The van der Waals surface area contributed by atoms with Gasteiger partial charge in [0.25, 0.3) is 0 Å². The summed E-state index contributed by atoms with van der Waals surface area (Å²) >= 11 is 0. The van der Waals surface area contributed by atoms with Crippen LogP contribution >= 0.6 is 0 Å². The van der Waals surface area contributed by atoms with Crippen molar-refractivity contribution in [3.63, 3.8) is 0 Å². The average molecular weight is 230 g/mol. The number of fused-ring (bicyclic) bond motifs is 1. The predicted molar refractivity (Wildman–Crippen MR) is 70.2 cm³/mol. The zero-order valence-corrected chi connectivity index (χ0v) is 10.9. The Morgan fingerprint density at radius 2 is 2.00 bits per heavy atom. The Morgan fingerprint density at radius 3 is 2.71 bits per heavy atom. The van der Waals surface area contributed by atoms with Gasteiger partial charge in [-0.1, -0.05) is 29.8 Å². The lowest BCUT2D eigenvalue weighted by Gasteiger charge is -2.17. The van der Waals surface area contributed by atoms with Crippen LogP contribution in [-0.4, -0.2) is 13.7 Å². The molecule has 17 heavy (non-hydrogen) atoms. The molecular weight excluding hydrogens is 208 g/mol. The molecule has 0 radical (unpaired) electrons. The molecule has 0 spiro atoms. The van der Waals surface area contributed by atoms with Crippen molar-refractivity contribution in [3.05, 3.63) is 35.4 Å². The van der Waals surface area contributed by atoms with E-state index in [1.165, 1.54) is 31.2 Å². The third-order valence-electron chi connectivity index (χ3n) is 4.86. The van der Waals surface area contributed by atoms with E-state index < -0.39 is 0 Å². The van der Waals surface area contributed by atoms with Gasteiger partial charge >= 0.3 is 0 Å². The molecule has 3 rings (SSSR count). The highest BCUT2D eigenvalue weighted by molar-refractivity contribution is 5.37. The number of methoxy groups -OCH3 is 1. The second kappa shape index (κ2) is 4.13. The lowest BCUT2D eigenvalue weighted by Crippen LogP contribution is -2.09. The number of benzene rings is 1. The molecule has 2 aliphatic rings. The van der Waals surface area contributed by atoms with Crippen molar-refractivity contribution in [2.24, 2.45) is 11.8 Å². The number of hydrogen-bond acceptors (Lipinski definition) is 1. The van der Waals surface area contributed by atoms with Crippen LogP contribution in [0.1, 0.15) is 36.8 Å². The quantitative estimate of drug-likeness (QED) is 0.766. The summed E-state index contributed by atoms with van der Waals surface area (Å²) in [5.41, 5.74) is 3.52. The zero-order chi connectivity index (χ0) is 11.9. The summed E-state index contributed by atoms with van der Waals surface area (Å²) in [6.45, 7) is 3.10. The molecule has 3 atom stereocenters. The normalized spacial score (nSPS) is 34.7. The first kappa shape index (κ1) is 11.3. The molecule has 1 heteroatoms. The fraction of sp³-hybridized carbons (Fsp3) is 0.625. The van der Waals surface area contributed by atoms with E-state index in [9.17, 15) is 0 Å². The second-order valence-corrected chi connectivity index (χ2v) is 6.01. The van der Waals surface area contributed by atoms with Gasteiger partial charge in [0.1, 0.15) is 0 Å². The molecule has 2 aliphatic carbocycles. The van der Waals surface area contributed by atoms with Crippen LogP contribution in [-0.2, 0) is 10.2 Å². The minimum absolute atomic E-state index is 0.562. The lowest BCUT2D eigenvalue weighted by molar-refractivity contribution is 0.175. The van der Waals surface area contributed by atoms with Gasteiger partial charge in [-0.25, -0.2) is 0 Å². The summed E-state index contributed by atoms with van der Waals surface area (Å²) in [5, 5.41) is 0. The molecule has 0 aliphatic heterocycles. The van der Waals surface area contributed by atoms with E-state index in [0.717, 1.165) is 18.4 Å². The van der Waals surface area contributed by atoms with Crippen LogP contribution in [0.25, 0.3) is 0 Å². The van der Waals surface area contributed by atoms with Gasteiger partial charge in [-0.15, -0.1) is 0 Å². The topological polar surface area (TPSA) is 9.23 Å². The molecule has 1 aromatic rings. The summed E-state index contributed by atoms with van der Waals surface area (Å²) < 4.78 is 5.21. The highest BCUT2D eigenvalue weighted by Crippen LogP contribution is 2.66. The van der Waals surface area contributed by atoms with E-state index in [1.54, 1.807) is 5.56 Å². The van der Waals surface area contributed by atoms with Gasteiger partial charge in [0, 0.05) is 13.7 Å². The fourth-order valence-electron chi connectivity index (χ4n) is 3.80. The van der Waals surface area contributed by atoms with Crippen LogP contribution in [0, 0.1) is 18.8 Å². The van der Waals surface area contributed by atoms with Gasteiger partial charge < -0.3 is 4.74 Å². The summed E-state index contributed by atoms with van der Waals surface area (Å²) in [4.78, 5) is 0. The van der Waals surface area contributed by atoms with E-state index in [2.05, 4.69) is 31.2 Å². The maximum absolute atomic E-state index is 5.21. The van der Waals surface area contributed by atoms with Gasteiger partial charge in [0.15, 0.2) is 0 Å². The first-order valence-electron chi connectivity index (χ1n) is 6.81. The van der Waals surface area contributed by atoms with Gasteiger partial charge in [-0.3, -0.25) is 0 Å². The standard InChI is InChI=1S/C16H22O/c1-12-3-5-14(6-4-12)16-10-13(7-8-17-2)9-15(16)11-16/h3-6,13,15H,7-11H2,1-2H3. The van der Waals surface area contributed by atoms with Gasteiger partial charge in [0.05, 0.1) is 0 Å². The molecule has 3 unspecified atom stereocenters. The van der Waals surface area contributed by atoms with Gasteiger partial charge in [-0.2, -0.15) is 0 Å². The molecule has 1 aromatic carbocycles. The third-order valence-corrected chi connectivity index (χ3v) is 4.86. The molecule has 1 nitrogen and oxygen atoms in total. The number of ether oxygens (including phenoxy) is 1. The monoisotopic (exact) mass is 230 g/mol. The molecule has 2 saturated carbocycles. The smallest absolute Gasteiger partial charge is 0.0464 e. The summed E-state index contributed by atoms with van der Waals surface area (Å²) in [7, 11) is 1.81. The highest BCUT2D eigenvalue weighted by Gasteiger charge is 2.60. The fourth-order valence-corrected chi connectivity index (χ4v) is 3.80. The Morgan fingerprint density at radius 1 is 1.24 bits per heavy atom. The zero-order valence-electron chi connectivity index (χ0n) is 10.9. The second-order valence-electron chi connectivity index (χ2n) is 6.01. The molecule has 0 amide bonds. The maximum atomic E-state index is 5.21. The van der Waals surface area contributed by atoms with Crippen LogP contribution < -0.4 is 0 Å². The van der Waals surface area contributed by atoms with E-state index in [1.807, 2.05) is 7.11 Å². The third kappa shape index (κ3) is 1.91. The Bertz CT molecular complexity index is 394. The van der Waals surface area contributed by atoms with Crippen LogP contribution in [0.4, 0.5) is 0 Å². The van der Waals surface area contributed by atoms with Crippen molar-refractivity contribution < 1.29 is 4.74 Å². The lowest BCUT2D eigenvalue weighted by atomic mass is 9.89. The largest absolute Gasteiger partial charge is 0.385 e. The van der Waals surface area contributed by atoms with Gasteiger partial charge in [-0.05, 0) is 55.4 Å². The maximum Gasteiger partial charge on any atom is 0.0464 e. The predicted octanol–water partition coefficient (Wildman–Crippen LogP) is 3.70. The molecular formula is C16H22O. The summed E-state index contributed by atoms with van der Waals surface area (Å²) in [6.07, 6.45) is 5.50. The van der Waals surface area contributed by atoms with E-state index in [0.29, 0.717) is 5.41 Å². The minimum Gasteiger partial charge on any atom is -0.385 e. The minimum atomic E-state index is 0.562. The Kier molecular flexibility index (Phi) is 2.74. The van der Waals surface area contributed by atoms with E-state index in [4.69, 9.17) is 4.74 Å². The van der Waals surface area contributed by atoms with E-state index in [-0.39, 0.29) is 0 Å². The molecule has 92 valence electrons. The van der Waals surface area contributed by atoms with Gasteiger partial charge in [0.2, 0.25) is 0 Å². The van der Waals surface area contributed by atoms with Crippen LogP contribution in [0.3, 0.4) is 0 Å². The average Bonchev–Trinajstić information content (AvgIpc) is 2.91. The summed E-state index contributed by atoms with van der Waals surface area (Å²) in [5.74, 6) is 1.86. The van der Waals surface area contributed by atoms with Crippen molar-refractivity contribution in [2.75, 3.05) is 13.7 Å². The molecule has 0 bridgehead atoms. The molecule has 0 heterocycles. The first-order chi connectivity index (χ1) is 8.24. The van der Waals surface area contributed by atoms with Crippen LogP contribution in [0.2, 0.25) is 0 Å². The molecule has 0 N–H and O–H groups in total. The number of rotatable bonds is 4. The Hall–Kier alpha value is -0.820. The number of aryl methyl sites for hydroxylation is 1. The van der Waals surface area contributed by atoms with Crippen molar-refractivity contribution in [1.82, 2.24) is 0 Å². The SMILES string of the molecule is COCCC1CC2CC2(c2ccc(C)cc2)C1. The van der Waals surface area contributed by atoms with Crippen molar-refractivity contribution >= 4 is 0 Å². The van der Waals surface area contributed by atoms with Crippen molar-refractivity contribution in [3.8, 4) is 0 Å². The van der Waals surface area contributed by atoms with Crippen LogP contribution in [0.15, 0.2) is 24.3 Å². The van der Waals surface area contributed by atoms with E-state index >= 15 is 0 Å². The number of hydrogen-bond donors (Lipinski definition) is 0. The molecule has 2 fully saturated rings. The molecule has 0 aromatic heterocycles. The van der Waals surface area contributed by atoms with Crippen molar-refractivity contribution in [2.45, 2.75) is 38.0 Å². The van der Waals surface area contributed by atoms with Crippen LogP contribution in [0.5, 0.6) is 0 Å². The van der Waals surface area contributed by atoms with Crippen molar-refractivity contribution in [1.29, 1.82) is 0 Å². The summed E-state index contributed by atoms with van der Waals surface area (Å²) in [6, 6.07) is 9.24. The Labute approximate surface area is 104 Å². The first-order valence-corrected chi connectivity index (χ1v) is 6.81. The molecule has 0 saturated heterocycles.